The van der Waals surface area contributed by atoms with Gasteiger partial charge in [0.05, 0.1) is 9.82 Å². The molecule has 0 aliphatic rings. The van der Waals surface area contributed by atoms with Gasteiger partial charge in [0.1, 0.15) is 6.29 Å². The van der Waals surface area contributed by atoms with E-state index in [0.29, 0.717) is 16.3 Å². The van der Waals surface area contributed by atoms with Crippen LogP contribution < -0.4 is 5.69 Å². The Hall–Kier alpha value is -2.42. The van der Waals surface area contributed by atoms with Gasteiger partial charge in [-0.1, -0.05) is 6.07 Å². The highest BCUT2D eigenvalue weighted by Gasteiger charge is 2.20. The summed E-state index contributed by atoms with van der Waals surface area (Å²) in [5.41, 5.74) is -0.357. The second-order valence-corrected chi connectivity index (χ2v) is 5.49. The summed E-state index contributed by atoms with van der Waals surface area (Å²) in [5, 5.41) is 17.6. The molecule has 0 saturated heterocycles. The van der Waals surface area contributed by atoms with Gasteiger partial charge in [0.25, 0.3) is 5.69 Å². The maximum Gasteiger partial charge on any atom is 0.344 e. The van der Waals surface area contributed by atoms with Crippen molar-refractivity contribution in [3.63, 3.8) is 0 Å². The van der Waals surface area contributed by atoms with Gasteiger partial charge in [-0.05, 0) is 31.7 Å². The predicted octanol–water partition coefficient (Wildman–Crippen LogP) is 2.02. The standard InChI is InChI=1S/C12H12N4O4S/c1-7(2)15-11(18)13-14-12(15)21-10-4-3-8(6-17)5-9(10)16(19)20/h3-7H,1-2H3,(H,13,18). The van der Waals surface area contributed by atoms with Crippen molar-refractivity contribution in [2.75, 3.05) is 0 Å². The number of rotatable bonds is 5. The van der Waals surface area contributed by atoms with Gasteiger partial charge in [0, 0.05) is 17.7 Å². The first kappa shape index (κ1) is 15.0. The average Bonchev–Trinajstić information content (AvgIpc) is 2.80. The molecule has 9 heteroatoms. The molecule has 0 saturated carbocycles. The van der Waals surface area contributed by atoms with Crippen LogP contribution in [0.25, 0.3) is 0 Å². The third-order valence-electron chi connectivity index (χ3n) is 2.71. The highest BCUT2D eigenvalue weighted by molar-refractivity contribution is 7.99. The minimum absolute atomic E-state index is 0.132. The zero-order valence-corrected chi connectivity index (χ0v) is 12.1. The van der Waals surface area contributed by atoms with E-state index in [0.717, 1.165) is 11.8 Å². The molecule has 0 unspecified atom stereocenters. The molecule has 0 aliphatic heterocycles. The molecule has 1 aromatic heterocycles. The maximum absolute atomic E-state index is 11.6. The number of carbonyl (C=O) groups excluding carboxylic acids is 1. The van der Waals surface area contributed by atoms with Gasteiger partial charge in [-0.3, -0.25) is 19.5 Å². The number of H-pyrrole nitrogens is 1. The Bertz CT molecular complexity index is 750. The normalized spacial score (nSPS) is 10.8. The van der Waals surface area contributed by atoms with E-state index in [9.17, 15) is 19.7 Å². The second-order valence-electron chi connectivity index (χ2n) is 4.48. The summed E-state index contributed by atoms with van der Waals surface area (Å²) in [5.74, 6) is 0. The molecule has 2 aromatic rings. The topological polar surface area (TPSA) is 111 Å². The minimum atomic E-state index is -0.570. The SMILES string of the molecule is CC(C)n1c(Sc2ccc(C=O)cc2[N+](=O)[O-])n[nH]c1=O. The van der Waals surface area contributed by atoms with E-state index >= 15 is 0 Å². The Balaban J connectivity index is 2.47. The van der Waals surface area contributed by atoms with E-state index in [1.807, 2.05) is 13.8 Å². The number of nitrogens with one attached hydrogen (secondary N) is 1. The van der Waals surface area contributed by atoms with Gasteiger partial charge in [0.15, 0.2) is 5.16 Å². The van der Waals surface area contributed by atoms with E-state index in [4.69, 9.17) is 0 Å². The quantitative estimate of drug-likeness (QED) is 0.514. The van der Waals surface area contributed by atoms with Crippen LogP contribution in [0.4, 0.5) is 5.69 Å². The molecule has 0 spiro atoms. The molecule has 2 rings (SSSR count). The molecule has 21 heavy (non-hydrogen) atoms. The lowest BCUT2D eigenvalue weighted by atomic mass is 10.2. The predicted molar refractivity (Wildman–Crippen MR) is 75.8 cm³/mol. The molecular weight excluding hydrogens is 296 g/mol. The summed E-state index contributed by atoms with van der Waals surface area (Å²) >= 11 is 1.00. The van der Waals surface area contributed by atoms with Gasteiger partial charge in [-0.2, -0.15) is 0 Å². The monoisotopic (exact) mass is 308 g/mol. The van der Waals surface area contributed by atoms with Crippen LogP contribution in [0.3, 0.4) is 0 Å². The zero-order valence-electron chi connectivity index (χ0n) is 11.3. The van der Waals surface area contributed by atoms with Crippen molar-refractivity contribution in [2.24, 2.45) is 0 Å². The van der Waals surface area contributed by atoms with Crippen LogP contribution in [0, 0.1) is 10.1 Å². The smallest absolute Gasteiger partial charge is 0.298 e. The Morgan fingerprint density at radius 1 is 1.48 bits per heavy atom. The molecule has 0 radical (unpaired) electrons. The van der Waals surface area contributed by atoms with Crippen LogP contribution in [-0.4, -0.2) is 26.0 Å². The zero-order chi connectivity index (χ0) is 15.6. The fourth-order valence-corrected chi connectivity index (χ4v) is 2.81. The lowest BCUT2D eigenvalue weighted by Crippen LogP contribution is -2.19. The van der Waals surface area contributed by atoms with Crippen LogP contribution in [0.2, 0.25) is 0 Å². The molecule has 0 aliphatic carbocycles. The first-order valence-electron chi connectivity index (χ1n) is 6.02. The Morgan fingerprint density at radius 2 is 2.19 bits per heavy atom. The van der Waals surface area contributed by atoms with E-state index in [-0.39, 0.29) is 23.0 Å². The van der Waals surface area contributed by atoms with Crippen molar-refractivity contribution >= 4 is 23.7 Å². The molecular formula is C12H12N4O4S. The lowest BCUT2D eigenvalue weighted by molar-refractivity contribution is -0.387. The largest absolute Gasteiger partial charge is 0.344 e. The number of aromatic nitrogens is 3. The van der Waals surface area contributed by atoms with E-state index in [1.54, 1.807) is 0 Å². The first-order chi connectivity index (χ1) is 9.93. The summed E-state index contributed by atoms with van der Waals surface area (Å²) in [6.45, 7) is 3.62. The molecule has 0 fully saturated rings. The van der Waals surface area contributed by atoms with Crippen LogP contribution in [0.5, 0.6) is 0 Å². The van der Waals surface area contributed by atoms with Crippen LogP contribution in [-0.2, 0) is 0 Å². The van der Waals surface area contributed by atoms with Gasteiger partial charge in [-0.25, -0.2) is 9.89 Å². The Morgan fingerprint density at radius 3 is 2.76 bits per heavy atom. The third-order valence-corrected chi connectivity index (χ3v) is 3.74. The molecule has 1 aromatic carbocycles. The molecule has 0 bridgehead atoms. The first-order valence-corrected chi connectivity index (χ1v) is 6.84. The molecule has 1 N–H and O–H groups in total. The number of nitro groups is 1. The number of nitrogens with zero attached hydrogens (tertiary/aromatic N) is 3. The number of hydrogen-bond donors (Lipinski definition) is 1. The van der Waals surface area contributed by atoms with Crippen LogP contribution in [0.1, 0.15) is 30.2 Å². The van der Waals surface area contributed by atoms with Crippen LogP contribution in [0.15, 0.2) is 33.0 Å². The summed E-state index contributed by atoms with van der Waals surface area (Å²) in [6.07, 6.45) is 0.542. The van der Waals surface area contributed by atoms with Crippen molar-refractivity contribution in [3.8, 4) is 0 Å². The Labute approximate surface area is 123 Å². The number of carbonyl (C=O) groups is 1. The van der Waals surface area contributed by atoms with Crippen molar-refractivity contribution in [1.29, 1.82) is 0 Å². The number of hydrogen-bond acceptors (Lipinski definition) is 6. The van der Waals surface area contributed by atoms with Crippen molar-refractivity contribution in [1.82, 2.24) is 14.8 Å². The molecule has 0 amide bonds. The van der Waals surface area contributed by atoms with E-state index in [1.165, 1.54) is 22.8 Å². The van der Waals surface area contributed by atoms with Gasteiger partial charge < -0.3 is 0 Å². The fourth-order valence-electron chi connectivity index (χ4n) is 1.75. The highest BCUT2D eigenvalue weighted by atomic mass is 32.2. The molecule has 8 nitrogen and oxygen atoms in total. The lowest BCUT2D eigenvalue weighted by Gasteiger charge is -2.08. The van der Waals surface area contributed by atoms with Gasteiger partial charge in [-0.15, -0.1) is 5.10 Å². The summed E-state index contributed by atoms with van der Waals surface area (Å²) in [6, 6.07) is 4.01. The van der Waals surface area contributed by atoms with Gasteiger partial charge >= 0.3 is 5.69 Å². The molecule has 110 valence electrons. The van der Waals surface area contributed by atoms with E-state index in [2.05, 4.69) is 10.2 Å². The number of aromatic amines is 1. The third kappa shape index (κ3) is 3.02. The molecule has 1 heterocycles. The summed E-state index contributed by atoms with van der Waals surface area (Å²) in [7, 11) is 0. The highest BCUT2D eigenvalue weighted by Crippen LogP contribution is 2.34. The number of aldehydes is 1. The minimum Gasteiger partial charge on any atom is -0.298 e. The van der Waals surface area contributed by atoms with Crippen LogP contribution >= 0.6 is 11.8 Å². The van der Waals surface area contributed by atoms with E-state index < -0.39 is 4.92 Å². The van der Waals surface area contributed by atoms with Crippen molar-refractivity contribution in [3.05, 3.63) is 44.4 Å². The fraction of sp³-hybridized carbons (Fsp3) is 0.250. The average molecular weight is 308 g/mol. The number of benzene rings is 1. The van der Waals surface area contributed by atoms with Crippen molar-refractivity contribution in [2.45, 2.75) is 29.9 Å². The van der Waals surface area contributed by atoms with Crippen molar-refractivity contribution < 1.29 is 9.72 Å². The Kier molecular flexibility index (Phi) is 4.22. The number of nitro benzene ring substituents is 1. The second kappa shape index (κ2) is 5.92. The van der Waals surface area contributed by atoms with Gasteiger partial charge in [0.2, 0.25) is 0 Å². The summed E-state index contributed by atoms with van der Waals surface area (Å²) in [4.78, 5) is 33.2. The maximum atomic E-state index is 11.6. The summed E-state index contributed by atoms with van der Waals surface area (Å²) < 4.78 is 1.40. The molecule has 0 atom stereocenters.